The molecular formula is C19H25NOS. The molecule has 1 aromatic rings. The van der Waals surface area contributed by atoms with Crippen molar-refractivity contribution in [3.05, 3.63) is 50.8 Å². The number of hydrogen-bond acceptors (Lipinski definition) is 2. The van der Waals surface area contributed by atoms with Gasteiger partial charge in [0.25, 0.3) is 5.91 Å². The molecule has 0 radical (unpaired) electrons. The summed E-state index contributed by atoms with van der Waals surface area (Å²) in [6, 6.07) is 3.73. The molecule has 22 heavy (non-hydrogen) atoms. The number of carbonyl (C=O) groups excluding carboxylic acids is 1. The molecule has 0 spiro atoms. The maximum Gasteiger partial charge on any atom is 0.258 e. The second-order valence-corrected chi connectivity index (χ2v) is 7.83. The van der Waals surface area contributed by atoms with Crippen LogP contribution in [0.2, 0.25) is 0 Å². The van der Waals surface area contributed by atoms with Gasteiger partial charge >= 0.3 is 0 Å². The van der Waals surface area contributed by atoms with Crippen LogP contribution in [0.15, 0.2) is 41.0 Å². The summed E-state index contributed by atoms with van der Waals surface area (Å²) in [5, 5.41) is 0. The topological polar surface area (TPSA) is 43.1 Å². The van der Waals surface area contributed by atoms with Gasteiger partial charge < -0.3 is 5.73 Å². The first kappa shape index (κ1) is 16.8. The molecule has 0 atom stereocenters. The van der Waals surface area contributed by atoms with E-state index in [9.17, 15) is 4.79 Å². The molecule has 0 unspecified atom stereocenters. The third-order valence-corrected chi connectivity index (χ3v) is 5.34. The van der Waals surface area contributed by atoms with Gasteiger partial charge in [-0.1, -0.05) is 31.6 Å². The van der Waals surface area contributed by atoms with Gasteiger partial charge in [-0.2, -0.15) is 0 Å². The van der Waals surface area contributed by atoms with Crippen molar-refractivity contribution in [2.75, 3.05) is 0 Å². The van der Waals surface area contributed by atoms with Gasteiger partial charge in [0.05, 0.1) is 4.88 Å². The first-order valence-electron chi connectivity index (χ1n) is 7.76. The van der Waals surface area contributed by atoms with Gasteiger partial charge in [0.15, 0.2) is 0 Å². The van der Waals surface area contributed by atoms with Gasteiger partial charge in [-0.15, -0.1) is 11.3 Å². The van der Waals surface area contributed by atoms with Gasteiger partial charge in [-0.05, 0) is 67.9 Å². The van der Waals surface area contributed by atoms with Crippen molar-refractivity contribution in [2.45, 2.75) is 47.0 Å². The van der Waals surface area contributed by atoms with Crippen LogP contribution in [0.4, 0.5) is 0 Å². The highest BCUT2D eigenvalue weighted by Crippen LogP contribution is 2.40. The minimum Gasteiger partial charge on any atom is -0.365 e. The molecule has 0 saturated heterocycles. The number of nitrogens with two attached hydrogens (primary N) is 1. The molecule has 1 aromatic heterocycles. The van der Waals surface area contributed by atoms with Crippen LogP contribution in [-0.2, 0) is 0 Å². The van der Waals surface area contributed by atoms with Crippen molar-refractivity contribution in [2.24, 2.45) is 11.1 Å². The summed E-state index contributed by atoms with van der Waals surface area (Å²) in [6.07, 6.45) is 10.3. The van der Waals surface area contributed by atoms with Gasteiger partial charge in [-0.25, -0.2) is 0 Å². The fourth-order valence-corrected chi connectivity index (χ4v) is 3.93. The van der Waals surface area contributed by atoms with Crippen molar-refractivity contribution in [3.63, 3.8) is 0 Å². The van der Waals surface area contributed by atoms with E-state index in [0.29, 0.717) is 4.88 Å². The maximum atomic E-state index is 11.1. The van der Waals surface area contributed by atoms with Crippen LogP contribution in [0.1, 0.15) is 61.5 Å². The van der Waals surface area contributed by atoms with Crippen molar-refractivity contribution in [1.82, 2.24) is 0 Å². The summed E-state index contributed by atoms with van der Waals surface area (Å²) in [7, 11) is 0. The van der Waals surface area contributed by atoms with E-state index in [-0.39, 0.29) is 11.3 Å². The number of allylic oxidation sites excluding steroid dienone is 5. The molecule has 2 rings (SSSR count). The lowest BCUT2D eigenvalue weighted by atomic mass is 9.72. The molecule has 2 nitrogen and oxygen atoms in total. The molecular weight excluding hydrogens is 290 g/mol. The predicted octanol–water partition coefficient (Wildman–Crippen LogP) is 5.33. The Kier molecular flexibility index (Phi) is 5.07. The molecule has 0 aromatic carbocycles. The van der Waals surface area contributed by atoms with Crippen LogP contribution in [0.5, 0.6) is 0 Å². The zero-order valence-electron chi connectivity index (χ0n) is 13.9. The molecule has 0 fully saturated rings. The second-order valence-electron chi connectivity index (χ2n) is 6.72. The fourth-order valence-electron chi connectivity index (χ4n) is 3.06. The summed E-state index contributed by atoms with van der Waals surface area (Å²) in [5.41, 5.74) is 9.71. The Morgan fingerprint density at radius 3 is 2.68 bits per heavy atom. The van der Waals surface area contributed by atoms with E-state index in [2.05, 4.69) is 45.9 Å². The van der Waals surface area contributed by atoms with E-state index in [0.717, 1.165) is 4.88 Å². The van der Waals surface area contributed by atoms with Crippen LogP contribution in [0.25, 0.3) is 6.08 Å². The van der Waals surface area contributed by atoms with Crippen LogP contribution in [0, 0.1) is 5.41 Å². The van der Waals surface area contributed by atoms with Crippen LogP contribution < -0.4 is 5.73 Å². The molecule has 0 saturated carbocycles. The monoisotopic (exact) mass is 315 g/mol. The third-order valence-electron chi connectivity index (χ3n) is 4.29. The van der Waals surface area contributed by atoms with E-state index in [1.54, 1.807) is 6.07 Å². The maximum absolute atomic E-state index is 11.1. The van der Waals surface area contributed by atoms with E-state index >= 15 is 0 Å². The molecule has 3 heteroatoms. The van der Waals surface area contributed by atoms with Crippen molar-refractivity contribution in [3.8, 4) is 0 Å². The van der Waals surface area contributed by atoms with E-state index < -0.39 is 0 Å². The standard InChI is InChI=1S/C19H25NOS/c1-13(12-15-8-10-17(22-15)18(20)21)7-9-16-14(2)6-5-11-19(16,3)4/h7-10,12H,5-6,11H2,1-4H3,(H2,20,21). The van der Waals surface area contributed by atoms with Crippen LogP contribution >= 0.6 is 11.3 Å². The zero-order valence-corrected chi connectivity index (χ0v) is 14.7. The average Bonchev–Trinajstić information content (AvgIpc) is 2.86. The summed E-state index contributed by atoms with van der Waals surface area (Å²) >= 11 is 1.43. The Bertz CT molecular complexity index is 659. The second kappa shape index (κ2) is 6.66. The quantitative estimate of drug-likeness (QED) is 0.749. The largest absolute Gasteiger partial charge is 0.365 e. The minimum atomic E-state index is -0.359. The van der Waals surface area contributed by atoms with Gasteiger partial charge in [0, 0.05) is 4.88 Å². The normalized spacial score (nSPS) is 19.0. The zero-order chi connectivity index (χ0) is 16.3. The van der Waals surface area contributed by atoms with Gasteiger partial charge in [0.2, 0.25) is 0 Å². The third kappa shape index (κ3) is 3.98. The Morgan fingerprint density at radius 2 is 2.09 bits per heavy atom. The SMILES string of the molecule is CC(C=CC1=C(C)CCCC1(C)C)=Cc1ccc(C(N)=O)s1. The number of hydrogen-bond donors (Lipinski definition) is 1. The Morgan fingerprint density at radius 1 is 1.36 bits per heavy atom. The molecule has 0 aliphatic heterocycles. The van der Waals surface area contributed by atoms with E-state index in [4.69, 9.17) is 5.73 Å². The van der Waals surface area contributed by atoms with Crippen LogP contribution in [0.3, 0.4) is 0 Å². The summed E-state index contributed by atoms with van der Waals surface area (Å²) in [5.74, 6) is -0.359. The molecule has 1 aliphatic rings. The Labute approximate surface area is 137 Å². The highest BCUT2D eigenvalue weighted by molar-refractivity contribution is 7.14. The number of primary amides is 1. The summed E-state index contributed by atoms with van der Waals surface area (Å²) in [6.45, 7) is 8.99. The molecule has 0 bridgehead atoms. The molecule has 118 valence electrons. The summed E-state index contributed by atoms with van der Waals surface area (Å²) < 4.78 is 0. The van der Waals surface area contributed by atoms with Crippen molar-refractivity contribution in [1.29, 1.82) is 0 Å². The van der Waals surface area contributed by atoms with E-state index in [1.165, 1.54) is 47.3 Å². The Balaban J connectivity index is 2.18. The van der Waals surface area contributed by atoms with Crippen LogP contribution in [-0.4, -0.2) is 5.91 Å². The summed E-state index contributed by atoms with van der Waals surface area (Å²) in [4.78, 5) is 12.8. The first-order valence-corrected chi connectivity index (χ1v) is 8.57. The number of amides is 1. The molecule has 1 aliphatic carbocycles. The molecule has 1 amide bonds. The number of rotatable bonds is 4. The smallest absolute Gasteiger partial charge is 0.258 e. The van der Waals surface area contributed by atoms with Gasteiger partial charge in [0.1, 0.15) is 0 Å². The highest BCUT2D eigenvalue weighted by Gasteiger charge is 2.26. The highest BCUT2D eigenvalue weighted by atomic mass is 32.1. The first-order chi connectivity index (χ1) is 10.3. The minimum absolute atomic E-state index is 0.265. The lowest BCUT2D eigenvalue weighted by molar-refractivity contribution is 0.100. The lowest BCUT2D eigenvalue weighted by Crippen LogP contribution is -2.19. The number of thiophene rings is 1. The average molecular weight is 315 g/mol. The lowest BCUT2D eigenvalue weighted by Gasteiger charge is -2.32. The predicted molar refractivity (Wildman–Crippen MR) is 96.0 cm³/mol. The Hall–Kier alpha value is -1.61. The van der Waals surface area contributed by atoms with Crippen molar-refractivity contribution < 1.29 is 4.79 Å². The molecule has 1 heterocycles. The van der Waals surface area contributed by atoms with E-state index in [1.807, 2.05) is 6.07 Å². The van der Waals surface area contributed by atoms with Crippen molar-refractivity contribution >= 4 is 23.3 Å². The molecule has 2 N–H and O–H groups in total. The number of carbonyl (C=O) groups is 1. The fraction of sp³-hybridized carbons (Fsp3) is 0.421. The van der Waals surface area contributed by atoms with Gasteiger partial charge in [-0.3, -0.25) is 4.79 Å².